The van der Waals surface area contributed by atoms with Gasteiger partial charge in [-0.05, 0) is 99.2 Å². The summed E-state index contributed by atoms with van der Waals surface area (Å²) in [5.74, 6) is 3.62. The Kier molecular flexibility index (Phi) is 3.53. The third-order valence-corrected chi connectivity index (χ3v) is 8.56. The van der Waals surface area contributed by atoms with Crippen LogP contribution in [0.25, 0.3) is 0 Å². The molecule has 0 radical (unpaired) electrons. The van der Waals surface area contributed by atoms with Gasteiger partial charge in [0.25, 0.3) is 0 Å². The Hall–Kier alpha value is -0.300. The number of aliphatic hydroxyl groups excluding tert-OH is 1. The Balaban J connectivity index is 1.62. The summed E-state index contributed by atoms with van der Waals surface area (Å²) in [5.41, 5.74) is 2.75. The van der Waals surface area contributed by atoms with Crippen LogP contribution in [0.1, 0.15) is 78.6 Å². The van der Waals surface area contributed by atoms with Crippen LogP contribution in [0.2, 0.25) is 0 Å². The number of aliphatic hydroxyl groups is 1. The first-order valence-electron chi connectivity index (χ1n) is 9.76. The second-order valence-electron chi connectivity index (χ2n) is 9.74. The lowest BCUT2D eigenvalue weighted by Crippen LogP contribution is -2.54. The molecule has 0 aliphatic heterocycles. The molecule has 3 fully saturated rings. The second-order valence-corrected chi connectivity index (χ2v) is 9.74. The molecule has 0 bridgehead atoms. The van der Waals surface area contributed by atoms with E-state index in [1.54, 1.807) is 5.57 Å². The molecule has 1 heteroatoms. The summed E-state index contributed by atoms with van der Waals surface area (Å²) in [5, 5.41) is 10.1. The molecule has 22 heavy (non-hydrogen) atoms. The van der Waals surface area contributed by atoms with E-state index >= 15 is 0 Å². The molecule has 0 unspecified atom stereocenters. The van der Waals surface area contributed by atoms with Crippen LogP contribution in [0, 0.1) is 34.5 Å². The largest absolute Gasteiger partial charge is 0.393 e. The minimum absolute atomic E-state index is 0.0104. The van der Waals surface area contributed by atoms with E-state index in [2.05, 4.69) is 26.8 Å². The van der Waals surface area contributed by atoms with E-state index in [4.69, 9.17) is 0 Å². The van der Waals surface area contributed by atoms with E-state index in [1.165, 1.54) is 44.9 Å². The zero-order chi connectivity index (χ0) is 15.5. The quantitative estimate of drug-likeness (QED) is 0.599. The van der Waals surface area contributed by atoms with Crippen LogP contribution in [0.4, 0.5) is 0 Å². The van der Waals surface area contributed by atoms with Gasteiger partial charge in [0.1, 0.15) is 0 Å². The molecule has 3 saturated carbocycles. The number of rotatable bonds is 0. The van der Waals surface area contributed by atoms with Crippen molar-refractivity contribution >= 4 is 0 Å². The fourth-order valence-electron chi connectivity index (χ4n) is 7.35. The van der Waals surface area contributed by atoms with Crippen molar-refractivity contribution in [3.8, 4) is 0 Å². The van der Waals surface area contributed by atoms with Gasteiger partial charge in [-0.3, -0.25) is 0 Å². The van der Waals surface area contributed by atoms with Crippen molar-refractivity contribution in [3.05, 3.63) is 11.6 Å². The van der Waals surface area contributed by atoms with Crippen molar-refractivity contribution in [2.45, 2.75) is 84.7 Å². The maximum Gasteiger partial charge on any atom is 0.0543 e. The van der Waals surface area contributed by atoms with Crippen molar-refractivity contribution in [3.63, 3.8) is 0 Å². The lowest BCUT2D eigenvalue weighted by atomic mass is 9.43. The van der Waals surface area contributed by atoms with Crippen LogP contribution in [-0.4, -0.2) is 11.2 Å². The summed E-state index contributed by atoms with van der Waals surface area (Å²) in [6.45, 7) is 7.52. The highest BCUT2D eigenvalue weighted by Crippen LogP contribution is 2.65. The van der Waals surface area contributed by atoms with Gasteiger partial charge in [-0.1, -0.05) is 25.5 Å². The molecule has 0 spiro atoms. The SMILES string of the molecule is CC1=CC[C@@H]2[C@H]3CC[C@@H]4C[C@H](O)CC[C@@]4(C)[C@@H]3CC[C@@]2(C)C1. The van der Waals surface area contributed by atoms with Crippen LogP contribution in [0.5, 0.6) is 0 Å². The summed E-state index contributed by atoms with van der Waals surface area (Å²) < 4.78 is 0. The first-order valence-corrected chi connectivity index (χ1v) is 9.76. The smallest absolute Gasteiger partial charge is 0.0543 e. The molecular formula is C21H34O. The van der Waals surface area contributed by atoms with Crippen LogP contribution in [0.3, 0.4) is 0 Å². The highest BCUT2D eigenvalue weighted by atomic mass is 16.3. The molecule has 0 amide bonds. The fraction of sp³-hybridized carbons (Fsp3) is 0.905. The van der Waals surface area contributed by atoms with Gasteiger partial charge in [-0.15, -0.1) is 0 Å². The van der Waals surface area contributed by atoms with Crippen molar-refractivity contribution in [1.29, 1.82) is 0 Å². The normalized spacial score (nSPS) is 54.7. The van der Waals surface area contributed by atoms with E-state index in [0.717, 1.165) is 36.5 Å². The number of hydrogen-bond donors (Lipinski definition) is 1. The molecule has 4 rings (SSSR count). The first-order chi connectivity index (χ1) is 10.4. The minimum Gasteiger partial charge on any atom is -0.393 e. The summed E-state index contributed by atoms with van der Waals surface area (Å²) in [4.78, 5) is 0. The second kappa shape index (κ2) is 5.10. The van der Waals surface area contributed by atoms with Crippen molar-refractivity contribution in [1.82, 2.24) is 0 Å². The van der Waals surface area contributed by atoms with Crippen LogP contribution in [-0.2, 0) is 0 Å². The molecule has 4 aliphatic carbocycles. The molecule has 0 heterocycles. The van der Waals surface area contributed by atoms with E-state index in [1.807, 2.05) is 0 Å². The molecule has 7 atom stereocenters. The standard InChI is InChI=1S/C21H34O/c1-14-4-7-18-17-6-5-15-12-16(22)8-11-21(15,3)19(17)9-10-20(18,2)13-14/h4,15-19,22H,5-13H2,1-3H3/t15-,16-,17-,18-,19-,20+,21-/m1/s1. The average Bonchev–Trinajstić information content (AvgIpc) is 2.46. The van der Waals surface area contributed by atoms with Crippen LogP contribution < -0.4 is 0 Å². The highest BCUT2D eigenvalue weighted by molar-refractivity contribution is 5.15. The summed E-state index contributed by atoms with van der Waals surface area (Å²) in [6, 6.07) is 0. The Labute approximate surface area is 136 Å². The van der Waals surface area contributed by atoms with Crippen molar-refractivity contribution in [2.24, 2.45) is 34.5 Å². The third kappa shape index (κ3) is 2.14. The minimum atomic E-state index is -0.0104. The predicted octanol–water partition coefficient (Wildman–Crippen LogP) is 5.34. The van der Waals surface area contributed by atoms with Gasteiger partial charge in [-0.2, -0.15) is 0 Å². The molecule has 124 valence electrons. The molecule has 1 N–H and O–H groups in total. The number of allylic oxidation sites excluding steroid dienone is 2. The summed E-state index contributed by atoms with van der Waals surface area (Å²) in [7, 11) is 0. The molecule has 0 aromatic heterocycles. The van der Waals surface area contributed by atoms with Crippen molar-refractivity contribution in [2.75, 3.05) is 0 Å². The highest BCUT2D eigenvalue weighted by Gasteiger charge is 2.56. The zero-order valence-electron chi connectivity index (χ0n) is 14.8. The maximum atomic E-state index is 10.1. The molecule has 0 saturated heterocycles. The van der Waals surface area contributed by atoms with E-state index in [9.17, 15) is 5.11 Å². The number of hydrogen-bond acceptors (Lipinski definition) is 1. The predicted molar refractivity (Wildman–Crippen MR) is 91.5 cm³/mol. The Morgan fingerprint density at radius 3 is 2.68 bits per heavy atom. The lowest BCUT2D eigenvalue weighted by molar-refractivity contribution is -0.128. The van der Waals surface area contributed by atoms with Gasteiger partial charge < -0.3 is 5.11 Å². The molecule has 4 aliphatic rings. The fourth-order valence-corrected chi connectivity index (χ4v) is 7.35. The molecule has 0 aromatic carbocycles. The van der Waals surface area contributed by atoms with Gasteiger partial charge in [0.2, 0.25) is 0 Å². The van der Waals surface area contributed by atoms with Crippen LogP contribution >= 0.6 is 0 Å². The summed E-state index contributed by atoms with van der Waals surface area (Å²) in [6.07, 6.45) is 14.3. The van der Waals surface area contributed by atoms with Gasteiger partial charge in [0.15, 0.2) is 0 Å². The van der Waals surface area contributed by atoms with Gasteiger partial charge >= 0.3 is 0 Å². The Morgan fingerprint density at radius 2 is 1.86 bits per heavy atom. The number of fused-ring (bicyclic) bond motifs is 5. The average molecular weight is 303 g/mol. The van der Waals surface area contributed by atoms with Gasteiger partial charge in [-0.25, -0.2) is 0 Å². The Bertz CT molecular complexity index is 480. The van der Waals surface area contributed by atoms with E-state index < -0.39 is 0 Å². The van der Waals surface area contributed by atoms with E-state index in [-0.39, 0.29) is 6.10 Å². The lowest BCUT2D eigenvalue weighted by Gasteiger charge is -2.62. The Morgan fingerprint density at radius 1 is 1.05 bits per heavy atom. The van der Waals surface area contributed by atoms with Crippen LogP contribution in [0.15, 0.2) is 11.6 Å². The monoisotopic (exact) mass is 302 g/mol. The molecular weight excluding hydrogens is 268 g/mol. The van der Waals surface area contributed by atoms with E-state index in [0.29, 0.717) is 10.8 Å². The van der Waals surface area contributed by atoms with Crippen molar-refractivity contribution < 1.29 is 5.11 Å². The third-order valence-electron chi connectivity index (χ3n) is 8.56. The van der Waals surface area contributed by atoms with Gasteiger partial charge in [0, 0.05) is 0 Å². The first kappa shape index (κ1) is 15.2. The van der Waals surface area contributed by atoms with Gasteiger partial charge in [0.05, 0.1) is 6.10 Å². The summed E-state index contributed by atoms with van der Waals surface area (Å²) >= 11 is 0. The zero-order valence-corrected chi connectivity index (χ0v) is 14.8. The molecule has 0 aromatic rings. The molecule has 1 nitrogen and oxygen atoms in total. The maximum absolute atomic E-state index is 10.1. The topological polar surface area (TPSA) is 20.2 Å².